The van der Waals surface area contributed by atoms with Crippen LogP contribution in [0.3, 0.4) is 0 Å². The second-order valence-electron chi connectivity index (χ2n) is 6.17. The number of hydrogen-bond acceptors (Lipinski definition) is 5. The number of amides is 1. The van der Waals surface area contributed by atoms with Gasteiger partial charge in [0.2, 0.25) is 5.89 Å². The number of halogens is 1. The van der Waals surface area contributed by atoms with Crippen LogP contribution in [0, 0.1) is 6.92 Å². The van der Waals surface area contributed by atoms with E-state index in [-0.39, 0.29) is 23.6 Å². The van der Waals surface area contributed by atoms with E-state index in [0.29, 0.717) is 23.3 Å². The quantitative estimate of drug-likeness (QED) is 0.860. The summed E-state index contributed by atoms with van der Waals surface area (Å²) < 4.78 is 6.99. The molecular weight excluding hydrogens is 318 g/mol. The summed E-state index contributed by atoms with van der Waals surface area (Å²) in [4.78, 5) is 19.0. The highest BCUT2D eigenvalue weighted by atomic mass is 35.5. The average molecular weight is 338 g/mol. The second kappa shape index (κ2) is 5.96. The maximum atomic E-state index is 12.8. The SMILES string of the molecule is Cc1c(Cl)c(C(=O)N2CCC[C@H]2c2nc(C(C)C)no2)nn1C. The predicted molar refractivity (Wildman–Crippen MR) is 84.4 cm³/mol. The fourth-order valence-electron chi connectivity index (χ4n) is 2.74. The largest absolute Gasteiger partial charge is 0.337 e. The molecule has 0 N–H and O–H groups in total. The van der Waals surface area contributed by atoms with Crippen molar-refractivity contribution in [2.75, 3.05) is 6.54 Å². The van der Waals surface area contributed by atoms with E-state index in [0.717, 1.165) is 18.5 Å². The van der Waals surface area contributed by atoms with Gasteiger partial charge in [0, 0.05) is 19.5 Å². The van der Waals surface area contributed by atoms with Gasteiger partial charge in [0.1, 0.15) is 6.04 Å². The number of carbonyl (C=O) groups is 1. The molecule has 8 heteroatoms. The zero-order valence-electron chi connectivity index (χ0n) is 13.7. The lowest BCUT2D eigenvalue weighted by Gasteiger charge is -2.20. The first-order chi connectivity index (χ1) is 10.9. The molecule has 1 amide bonds. The van der Waals surface area contributed by atoms with E-state index < -0.39 is 0 Å². The molecule has 124 valence electrons. The number of aryl methyl sites for hydroxylation is 1. The molecule has 1 fully saturated rings. The van der Waals surface area contributed by atoms with Crippen LogP contribution in [0.15, 0.2) is 4.52 Å². The molecule has 0 aromatic carbocycles. The first-order valence-electron chi connectivity index (χ1n) is 7.73. The molecule has 0 radical (unpaired) electrons. The van der Waals surface area contributed by atoms with Gasteiger partial charge in [0.25, 0.3) is 5.91 Å². The van der Waals surface area contributed by atoms with Crippen molar-refractivity contribution in [1.29, 1.82) is 0 Å². The van der Waals surface area contributed by atoms with Crippen LogP contribution in [0.4, 0.5) is 0 Å². The highest BCUT2D eigenvalue weighted by Crippen LogP contribution is 2.34. The van der Waals surface area contributed by atoms with Crippen LogP contribution in [-0.2, 0) is 7.05 Å². The monoisotopic (exact) mass is 337 g/mol. The number of nitrogens with zero attached hydrogens (tertiary/aromatic N) is 5. The smallest absolute Gasteiger partial charge is 0.276 e. The summed E-state index contributed by atoms with van der Waals surface area (Å²) in [6.07, 6.45) is 1.69. The van der Waals surface area contributed by atoms with Gasteiger partial charge in [0.15, 0.2) is 11.5 Å². The highest BCUT2D eigenvalue weighted by Gasteiger charge is 2.36. The molecule has 3 rings (SSSR count). The molecule has 0 saturated carbocycles. The Kier molecular flexibility index (Phi) is 4.14. The van der Waals surface area contributed by atoms with Crippen LogP contribution in [0.25, 0.3) is 0 Å². The first kappa shape index (κ1) is 16.0. The minimum Gasteiger partial charge on any atom is -0.337 e. The molecule has 2 aromatic heterocycles. The van der Waals surface area contributed by atoms with Gasteiger partial charge in [-0.3, -0.25) is 9.48 Å². The van der Waals surface area contributed by atoms with Crippen molar-refractivity contribution < 1.29 is 9.32 Å². The Morgan fingerprint density at radius 2 is 2.17 bits per heavy atom. The lowest BCUT2D eigenvalue weighted by atomic mass is 10.2. The van der Waals surface area contributed by atoms with Crippen LogP contribution in [-0.4, -0.2) is 37.3 Å². The predicted octanol–water partition coefficient (Wildman–Crippen LogP) is 2.87. The number of aromatic nitrogens is 4. The van der Waals surface area contributed by atoms with Crippen LogP contribution in [0.1, 0.15) is 66.5 Å². The third-order valence-electron chi connectivity index (χ3n) is 4.24. The van der Waals surface area contributed by atoms with Gasteiger partial charge in [-0.1, -0.05) is 30.6 Å². The van der Waals surface area contributed by atoms with Gasteiger partial charge in [-0.25, -0.2) is 0 Å². The van der Waals surface area contributed by atoms with Crippen molar-refractivity contribution >= 4 is 17.5 Å². The lowest BCUT2D eigenvalue weighted by molar-refractivity contribution is 0.0703. The number of carbonyl (C=O) groups excluding carboxylic acids is 1. The van der Waals surface area contributed by atoms with Crippen molar-refractivity contribution in [2.45, 2.75) is 45.6 Å². The van der Waals surface area contributed by atoms with Crippen molar-refractivity contribution in [3.63, 3.8) is 0 Å². The van der Waals surface area contributed by atoms with Gasteiger partial charge in [-0.2, -0.15) is 10.1 Å². The van der Waals surface area contributed by atoms with Crippen LogP contribution < -0.4 is 0 Å². The number of hydrogen-bond donors (Lipinski definition) is 0. The summed E-state index contributed by atoms with van der Waals surface area (Å²) >= 11 is 6.24. The number of likely N-dealkylation sites (tertiary alicyclic amines) is 1. The molecule has 1 aliphatic heterocycles. The standard InChI is InChI=1S/C15H20ClN5O2/c1-8(2)13-17-14(23-19-13)10-6-5-7-21(10)15(22)12-11(16)9(3)20(4)18-12/h8,10H,5-7H2,1-4H3/t10-/m0/s1. The van der Waals surface area contributed by atoms with E-state index in [1.54, 1.807) is 16.6 Å². The lowest BCUT2D eigenvalue weighted by Crippen LogP contribution is -2.31. The third-order valence-corrected chi connectivity index (χ3v) is 4.69. The maximum absolute atomic E-state index is 12.8. The molecule has 1 aliphatic rings. The molecule has 1 saturated heterocycles. The van der Waals surface area contributed by atoms with Gasteiger partial charge in [0.05, 0.1) is 10.7 Å². The summed E-state index contributed by atoms with van der Waals surface area (Å²) in [7, 11) is 1.77. The van der Waals surface area contributed by atoms with E-state index in [1.807, 2.05) is 20.8 Å². The molecule has 7 nitrogen and oxygen atoms in total. The molecule has 0 bridgehead atoms. The van der Waals surface area contributed by atoms with Gasteiger partial charge in [-0.05, 0) is 19.8 Å². The van der Waals surface area contributed by atoms with Crippen LogP contribution >= 0.6 is 11.6 Å². The van der Waals surface area contributed by atoms with E-state index in [9.17, 15) is 4.79 Å². The van der Waals surface area contributed by atoms with Crippen LogP contribution in [0.5, 0.6) is 0 Å². The van der Waals surface area contributed by atoms with Crippen LogP contribution in [0.2, 0.25) is 5.02 Å². The zero-order valence-corrected chi connectivity index (χ0v) is 14.5. The molecule has 2 aromatic rings. The molecule has 0 aliphatic carbocycles. The fourth-order valence-corrected chi connectivity index (χ4v) is 2.98. The summed E-state index contributed by atoms with van der Waals surface area (Å²) in [5.74, 6) is 1.14. The van der Waals surface area contributed by atoms with Gasteiger partial charge in [-0.15, -0.1) is 0 Å². The van der Waals surface area contributed by atoms with E-state index in [2.05, 4.69) is 15.2 Å². The summed E-state index contributed by atoms with van der Waals surface area (Å²) in [6, 6.07) is -0.208. The molecular formula is C15H20ClN5O2. The van der Waals surface area contributed by atoms with E-state index in [4.69, 9.17) is 16.1 Å². The van der Waals surface area contributed by atoms with Crippen molar-refractivity contribution in [3.8, 4) is 0 Å². The Balaban J connectivity index is 1.88. The molecule has 1 atom stereocenters. The van der Waals surface area contributed by atoms with Gasteiger partial charge < -0.3 is 9.42 Å². The third kappa shape index (κ3) is 2.73. The highest BCUT2D eigenvalue weighted by molar-refractivity contribution is 6.34. The summed E-state index contributed by atoms with van der Waals surface area (Å²) in [5.41, 5.74) is 1.05. The van der Waals surface area contributed by atoms with Gasteiger partial charge >= 0.3 is 0 Å². The minimum atomic E-state index is -0.208. The van der Waals surface area contributed by atoms with Crippen molar-refractivity contribution in [2.24, 2.45) is 7.05 Å². The zero-order chi connectivity index (χ0) is 16.7. The Morgan fingerprint density at radius 3 is 2.74 bits per heavy atom. The fraction of sp³-hybridized carbons (Fsp3) is 0.600. The van der Waals surface area contributed by atoms with E-state index >= 15 is 0 Å². The van der Waals surface area contributed by atoms with Crippen molar-refractivity contribution in [3.05, 3.63) is 28.1 Å². The molecule has 0 unspecified atom stereocenters. The average Bonchev–Trinajstić information content (AvgIpc) is 3.21. The summed E-state index contributed by atoms with van der Waals surface area (Å²) in [5, 5.41) is 8.63. The Bertz CT molecular complexity index is 736. The first-order valence-corrected chi connectivity index (χ1v) is 8.11. The van der Waals surface area contributed by atoms with E-state index in [1.165, 1.54) is 0 Å². The maximum Gasteiger partial charge on any atom is 0.276 e. The van der Waals surface area contributed by atoms with Crippen molar-refractivity contribution in [1.82, 2.24) is 24.8 Å². The second-order valence-corrected chi connectivity index (χ2v) is 6.55. The topological polar surface area (TPSA) is 77.1 Å². The molecule has 0 spiro atoms. The summed E-state index contributed by atoms with van der Waals surface area (Å²) in [6.45, 7) is 6.47. The molecule has 23 heavy (non-hydrogen) atoms. The molecule has 3 heterocycles. The normalized spacial score (nSPS) is 18.2. The number of rotatable bonds is 3. The Labute approximate surface area is 139 Å². The Hall–Kier alpha value is -1.89. The minimum absolute atomic E-state index is 0.186. The Morgan fingerprint density at radius 1 is 1.43 bits per heavy atom.